The van der Waals surface area contributed by atoms with Crippen LogP contribution >= 0.6 is 0 Å². The largest absolute Gasteiger partial charge is 0.347 e. The highest BCUT2D eigenvalue weighted by molar-refractivity contribution is 6.00. The van der Waals surface area contributed by atoms with Crippen molar-refractivity contribution in [3.63, 3.8) is 0 Å². The molecule has 1 N–H and O–H groups in total. The van der Waals surface area contributed by atoms with Crippen molar-refractivity contribution in [2.24, 2.45) is 4.99 Å². The number of rotatable bonds is 1. The van der Waals surface area contributed by atoms with E-state index >= 15 is 0 Å². The van der Waals surface area contributed by atoms with Gasteiger partial charge in [0.05, 0.1) is 5.54 Å². The molecule has 0 spiro atoms. The molecular formula is C10H13N3O. The lowest BCUT2D eigenvalue weighted by Crippen LogP contribution is -2.48. The monoisotopic (exact) mass is 191 g/mol. The van der Waals surface area contributed by atoms with E-state index in [0.717, 1.165) is 5.57 Å². The zero-order valence-corrected chi connectivity index (χ0v) is 8.59. The normalized spacial score (nSPS) is 25.9. The predicted molar refractivity (Wildman–Crippen MR) is 53.6 cm³/mol. The minimum Gasteiger partial charge on any atom is -0.347 e. The average molecular weight is 191 g/mol. The van der Waals surface area contributed by atoms with Crippen LogP contribution in [-0.2, 0) is 4.79 Å². The summed E-state index contributed by atoms with van der Waals surface area (Å²) >= 11 is 0. The summed E-state index contributed by atoms with van der Waals surface area (Å²) in [6.45, 7) is 5.26. The summed E-state index contributed by atoms with van der Waals surface area (Å²) < 4.78 is 0. The zero-order valence-electron chi connectivity index (χ0n) is 8.59. The van der Waals surface area contributed by atoms with Crippen LogP contribution in [0.4, 0.5) is 0 Å². The fraction of sp³-hybridized carbons (Fsp3) is 0.500. The van der Waals surface area contributed by atoms with Gasteiger partial charge in [-0.05, 0) is 19.4 Å². The van der Waals surface area contributed by atoms with Gasteiger partial charge in [0.1, 0.15) is 11.8 Å². The molecule has 0 saturated heterocycles. The quantitative estimate of drug-likeness (QED) is 0.675. The van der Waals surface area contributed by atoms with Crippen molar-refractivity contribution < 1.29 is 4.79 Å². The first kappa shape index (κ1) is 10.5. The van der Waals surface area contributed by atoms with Crippen molar-refractivity contribution in [2.75, 3.05) is 0 Å². The van der Waals surface area contributed by atoms with E-state index in [9.17, 15) is 4.79 Å². The number of nitrogens with one attached hydrogen (secondary N) is 1. The molecular weight excluding hydrogens is 178 g/mol. The molecule has 4 heteroatoms. The van der Waals surface area contributed by atoms with Gasteiger partial charge in [-0.15, -0.1) is 0 Å². The van der Waals surface area contributed by atoms with Gasteiger partial charge in [-0.1, -0.05) is 0 Å². The van der Waals surface area contributed by atoms with Crippen LogP contribution in [0.15, 0.2) is 16.8 Å². The molecule has 0 bridgehead atoms. The van der Waals surface area contributed by atoms with Gasteiger partial charge in [-0.2, -0.15) is 5.26 Å². The summed E-state index contributed by atoms with van der Waals surface area (Å²) in [5, 5.41) is 11.6. The highest BCUT2D eigenvalue weighted by atomic mass is 16.1. The summed E-state index contributed by atoms with van der Waals surface area (Å²) in [6, 6.07) is 2.01. The Kier molecular flexibility index (Phi) is 2.70. The van der Waals surface area contributed by atoms with E-state index < -0.39 is 5.54 Å². The fourth-order valence-electron chi connectivity index (χ4n) is 1.44. The number of amides is 1. The van der Waals surface area contributed by atoms with E-state index in [1.165, 1.54) is 6.92 Å². The van der Waals surface area contributed by atoms with Crippen molar-refractivity contribution in [1.29, 1.82) is 5.26 Å². The lowest BCUT2D eigenvalue weighted by Gasteiger charge is -2.32. The molecule has 1 atom stereocenters. The molecule has 1 heterocycles. The third-order valence-corrected chi connectivity index (χ3v) is 2.39. The van der Waals surface area contributed by atoms with Gasteiger partial charge in [0.2, 0.25) is 5.91 Å². The summed E-state index contributed by atoms with van der Waals surface area (Å²) in [7, 11) is 0. The second kappa shape index (κ2) is 3.62. The second-order valence-corrected chi connectivity index (χ2v) is 3.69. The molecule has 1 unspecified atom stereocenters. The molecule has 1 aliphatic rings. The van der Waals surface area contributed by atoms with Crippen LogP contribution in [0.25, 0.3) is 0 Å². The summed E-state index contributed by atoms with van der Waals surface area (Å²) in [4.78, 5) is 15.0. The van der Waals surface area contributed by atoms with Gasteiger partial charge < -0.3 is 5.32 Å². The Morgan fingerprint density at radius 1 is 1.79 bits per heavy atom. The van der Waals surface area contributed by atoms with Crippen LogP contribution in [0.2, 0.25) is 0 Å². The van der Waals surface area contributed by atoms with Crippen molar-refractivity contribution >= 4 is 11.6 Å². The zero-order chi connectivity index (χ0) is 10.8. The fourth-order valence-corrected chi connectivity index (χ4v) is 1.44. The molecule has 0 saturated carbocycles. The van der Waals surface area contributed by atoms with Gasteiger partial charge in [-0.25, -0.2) is 4.99 Å². The molecule has 0 aromatic heterocycles. The van der Waals surface area contributed by atoms with Crippen molar-refractivity contribution in [3.05, 3.63) is 11.8 Å². The third kappa shape index (κ3) is 1.99. The van der Waals surface area contributed by atoms with E-state index in [2.05, 4.69) is 10.3 Å². The molecule has 74 valence electrons. The molecule has 14 heavy (non-hydrogen) atoms. The number of nitriles is 1. The second-order valence-electron chi connectivity index (χ2n) is 3.69. The van der Waals surface area contributed by atoms with Gasteiger partial charge >= 0.3 is 0 Å². The molecule has 0 aliphatic carbocycles. The summed E-state index contributed by atoms with van der Waals surface area (Å²) in [5.74, 6) is -0.0977. The third-order valence-electron chi connectivity index (χ3n) is 2.39. The minimum absolute atomic E-state index is 0.0977. The maximum atomic E-state index is 11.0. The van der Waals surface area contributed by atoms with Crippen LogP contribution < -0.4 is 5.32 Å². The highest BCUT2D eigenvalue weighted by Crippen LogP contribution is 2.24. The van der Waals surface area contributed by atoms with Crippen LogP contribution in [0.1, 0.15) is 27.2 Å². The highest BCUT2D eigenvalue weighted by Gasteiger charge is 2.31. The smallest absolute Gasteiger partial charge is 0.217 e. The van der Waals surface area contributed by atoms with E-state index in [-0.39, 0.29) is 5.91 Å². The van der Waals surface area contributed by atoms with Crippen molar-refractivity contribution in [3.8, 4) is 6.07 Å². The summed E-state index contributed by atoms with van der Waals surface area (Å²) in [6.07, 6.45) is 2.10. The van der Waals surface area contributed by atoms with Crippen LogP contribution in [0, 0.1) is 11.3 Å². The number of carbonyl (C=O) groups is 1. The van der Waals surface area contributed by atoms with Crippen LogP contribution in [-0.4, -0.2) is 17.2 Å². The minimum atomic E-state index is -0.460. The molecule has 4 nitrogen and oxygen atoms in total. The van der Waals surface area contributed by atoms with Gasteiger partial charge in [-0.3, -0.25) is 4.79 Å². The molecule has 0 radical (unpaired) electrons. The Balaban J connectivity index is 2.93. The van der Waals surface area contributed by atoms with Crippen LogP contribution in [0.3, 0.4) is 0 Å². The average Bonchev–Trinajstić information content (AvgIpc) is 2.08. The number of hydrogen-bond donors (Lipinski definition) is 1. The molecule has 0 aromatic carbocycles. The Morgan fingerprint density at radius 3 is 2.93 bits per heavy atom. The van der Waals surface area contributed by atoms with E-state index in [4.69, 9.17) is 5.26 Å². The van der Waals surface area contributed by atoms with Gasteiger partial charge in [0.15, 0.2) is 0 Å². The maximum Gasteiger partial charge on any atom is 0.217 e. The number of nitrogens with zero attached hydrogens (tertiary/aromatic N) is 2. The first-order valence-electron chi connectivity index (χ1n) is 4.41. The van der Waals surface area contributed by atoms with Crippen molar-refractivity contribution in [1.82, 2.24) is 5.32 Å². The lowest BCUT2D eigenvalue weighted by atomic mass is 9.86. The Morgan fingerprint density at radius 2 is 2.43 bits per heavy atom. The lowest BCUT2D eigenvalue weighted by molar-refractivity contribution is -0.120. The van der Waals surface area contributed by atoms with Crippen LogP contribution in [0.5, 0.6) is 0 Å². The number of aliphatic imine (C=N–C) groups is 1. The Labute approximate surface area is 83.3 Å². The van der Waals surface area contributed by atoms with E-state index in [1.807, 2.05) is 19.9 Å². The molecule has 0 aromatic rings. The van der Waals surface area contributed by atoms with E-state index in [1.54, 1.807) is 6.20 Å². The topological polar surface area (TPSA) is 65.2 Å². The van der Waals surface area contributed by atoms with Gasteiger partial charge in [0.25, 0.3) is 0 Å². The molecule has 1 amide bonds. The molecule has 1 rings (SSSR count). The Bertz CT molecular complexity index is 362. The Hall–Kier alpha value is -1.63. The first-order chi connectivity index (χ1) is 6.48. The standard InChI is InChI=1S/C10H13N3O/c1-7-6-12-9(5-11)4-10(7,3)13-8(2)14/h6H,4H2,1-3H3,(H,13,14). The SMILES string of the molecule is CC(=O)NC1(C)CC(C#N)=NC=C1C. The van der Waals surface area contributed by atoms with Crippen molar-refractivity contribution in [2.45, 2.75) is 32.7 Å². The molecule has 0 fully saturated rings. The predicted octanol–water partition coefficient (Wildman–Crippen LogP) is 1.15. The van der Waals surface area contributed by atoms with E-state index in [0.29, 0.717) is 12.1 Å². The first-order valence-corrected chi connectivity index (χ1v) is 4.41. The maximum absolute atomic E-state index is 11.0. The molecule has 1 aliphatic heterocycles. The number of carbonyl (C=O) groups excluding carboxylic acids is 1. The number of hydrogen-bond acceptors (Lipinski definition) is 3. The van der Waals surface area contributed by atoms with Gasteiger partial charge in [0, 0.05) is 19.5 Å². The summed E-state index contributed by atoms with van der Waals surface area (Å²) in [5.41, 5.74) is 0.956.